The maximum Gasteiger partial charge on any atom is 0.339 e. The Bertz CT molecular complexity index is 985. The zero-order valence-corrected chi connectivity index (χ0v) is 15.8. The van der Waals surface area contributed by atoms with E-state index in [0.29, 0.717) is 11.5 Å². The van der Waals surface area contributed by atoms with Gasteiger partial charge in [0.1, 0.15) is 0 Å². The monoisotopic (exact) mass is 379 g/mol. The number of rotatable bonds is 5. The van der Waals surface area contributed by atoms with Crippen molar-refractivity contribution in [3.05, 3.63) is 71.7 Å². The molecule has 3 rings (SSSR count). The van der Waals surface area contributed by atoms with Gasteiger partial charge in [0.15, 0.2) is 5.82 Å². The smallest absolute Gasteiger partial charge is 0.339 e. The molecule has 8 nitrogen and oxygen atoms in total. The Hall–Kier alpha value is -3.68. The first-order valence-electron chi connectivity index (χ1n) is 8.72. The third-order valence-corrected chi connectivity index (χ3v) is 4.31. The first kappa shape index (κ1) is 19.1. The SMILES string of the molecule is COC(=O)c1ccccc1NC(=O)NC(C)c1cnn(-c2ccccn2)c1C. The standard InChI is InChI=1S/C20H21N5O3/c1-13(16-12-22-25(14(16)2)18-10-6-7-11-21-18)23-20(27)24-17-9-5-4-8-15(17)19(26)28-3/h4-13H,1-3H3,(H2,23,24,27). The largest absolute Gasteiger partial charge is 0.465 e. The van der Waals surface area contributed by atoms with Crippen LogP contribution in [0, 0.1) is 6.92 Å². The highest BCUT2D eigenvalue weighted by atomic mass is 16.5. The Morgan fingerprint density at radius 1 is 1.14 bits per heavy atom. The maximum absolute atomic E-state index is 12.4. The molecule has 0 saturated carbocycles. The summed E-state index contributed by atoms with van der Waals surface area (Å²) in [5.74, 6) is 0.186. The fourth-order valence-electron chi connectivity index (χ4n) is 2.87. The van der Waals surface area contributed by atoms with Crippen LogP contribution in [-0.2, 0) is 4.74 Å². The molecule has 2 N–H and O–H groups in total. The van der Waals surface area contributed by atoms with Gasteiger partial charge in [-0.05, 0) is 38.1 Å². The van der Waals surface area contributed by atoms with Crippen LogP contribution in [0.2, 0.25) is 0 Å². The summed E-state index contributed by atoms with van der Waals surface area (Å²) >= 11 is 0. The summed E-state index contributed by atoms with van der Waals surface area (Å²) in [5, 5.41) is 9.92. The van der Waals surface area contributed by atoms with Crippen molar-refractivity contribution >= 4 is 17.7 Å². The van der Waals surface area contributed by atoms with Gasteiger partial charge in [-0.25, -0.2) is 19.3 Å². The molecule has 0 spiro atoms. The summed E-state index contributed by atoms with van der Waals surface area (Å²) < 4.78 is 6.46. The van der Waals surface area contributed by atoms with Crippen molar-refractivity contribution in [1.82, 2.24) is 20.1 Å². The Morgan fingerprint density at radius 2 is 1.89 bits per heavy atom. The van der Waals surface area contributed by atoms with E-state index in [-0.39, 0.29) is 11.6 Å². The molecule has 8 heteroatoms. The van der Waals surface area contributed by atoms with E-state index in [2.05, 4.69) is 20.7 Å². The van der Waals surface area contributed by atoms with Crippen molar-refractivity contribution in [3.63, 3.8) is 0 Å². The number of hydrogen-bond acceptors (Lipinski definition) is 5. The lowest BCUT2D eigenvalue weighted by Gasteiger charge is -2.16. The number of nitrogens with one attached hydrogen (secondary N) is 2. The molecule has 0 radical (unpaired) electrons. The fourth-order valence-corrected chi connectivity index (χ4v) is 2.87. The molecule has 2 heterocycles. The van der Waals surface area contributed by atoms with E-state index in [4.69, 9.17) is 4.74 Å². The number of para-hydroxylation sites is 1. The van der Waals surface area contributed by atoms with Gasteiger partial charge in [0.05, 0.1) is 30.6 Å². The van der Waals surface area contributed by atoms with E-state index in [0.717, 1.165) is 11.3 Å². The minimum absolute atomic E-state index is 0.284. The number of benzene rings is 1. The normalized spacial score (nSPS) is 11.5. The highest BCUT2D eigenvalue weighted by Gasteiger charge is 2.18. The molecule has 2 amide bonds. The van der Waals surface area contributed by atoms with Gasteiger partial charge in [0.25, 0.3) is 0 Å². The van der Waals surface area contributed by atoms with E-state index in [1.54, 1.807) is 41.3 Å². The van der Waals surface area contributed by atoms with Gasteiger partial charge in [0, 0.05) is 17.5 Å². The van der Waals surface area contributed by atoms with Crippen molar-refractivity contribution in [2.24, 2.45) is 0 Å². The van der Waals surface area contributed by atoms with Crippen LogP contribution in [-0.4, -0.2) is 33.9 Å². The number of amides is 2. The van der Waals surface area contributed by atoms with Crippen LogP contribution in [0.1, 0.15) is 34.6 Å². The summed E-state index contributed by atoms with van der Waals surface area (Å²) in [6.45, 7) is 3.78. The molecule has 144 valence electrons. The number of urea groups is 1. The van der Waals surface area contributed by atoms with E-state index < -0.39 is 12.0 Å². The minimum atomic E-state index is -0.517. The molecule has 0 fully saturated rings. The summed E-state index contributed by atoms with van der Waals surface area (Å²) in [4.78, 5) is 28.6. The van der Waals surface area contributed by atoms with Crippen molar-refractivity contribution in [3.8, 4) is 5.82 Å². The molecule has 3 aromatic rings. The van der Waals surface area contributed by atoms with Gasteiger partial charge < -0.3 is 15.4 Å². The molecule has 0 bridgehead atoms. The average molecular weight is 379 g/mol. The van der Waals surface area contributed by atoms with Crippen LogP contribution in [0.3, 0.4) is 0 Å². The number of methoxy groups -OCH3 is 1. The van der Waals surface area contributed by atoms with Crippen molar-refractivity contribution in [1.29, 1.82) is 0 Å². The topological polar surface area (TPSA) is 98.1 Å². The number of esters is 1. The van der Waals surface area contributed by atoms with E-state index in [1.165, 1.54) is 7.11 Å². The van der Waals surface area contributed by atoms with Gasteiger partial charge in [-0.3, -0.25) is 0 Å². The number of anilines is 1. The highest BCUT2D eigenvalue weighted by molar-refractivity contribution is 6.00. The van der Waals surface area contributed by atoms with Gasteiger partial charge in [-0.2, -0.15) is 5.10 Å². The van der Waals surface area contributed by atoms with Crippen molar-refractivity contribution < 1.29 is 14.3 Å². The number of nitrogens with zero attached hydrogens (tertiary/aromatic N) is 3. The van der Waals surface area contributed by atoms with Gasteiger partial charge in [-0.1, -0.05) is 18.2 Å². The molecule has 0 saturated heterocycles. The van der Waals surface area contributed by atoms with Crippen LogP contribution < -0.4 is 10.6 Å². The van der Waals surface area contributed by atoms with E-state index in [9.17, 15) is 9.59 Å². The Balaban J connectivity index is 1.72. The second kappa shape index (κ2) is 8.34. The Morgan fingerprint density at radius 3 is 2.61 bits per heavy atom. The molecular weight excluding hydrogens is 358 g/mol. The second-order valence-corrected chi connectivity index (χ2v) is 6.14. The number of ether oxygens (including phenoxy) is 1. The lowest BCUT2D eigenvalue weighted by Crippen LogP contribution is -2.32. The average Bonchev–Trinajstić information content (AvgIpc) is 3.10. The fraction of sp³-hybridized carbons (Fsp3) is 0.200. The van der Waals surface area contributed by atoms with Crippen LogP contribution in [0.4, 0.5) is 10.5 Å². The van der Waals surface area contributed by atoms with Crippen molar-refractivity contribution in [2.45, 2.75) is 19.9 Å². The second-order valence-electron chi connectivity index (χ2n) is 6.14. The van der Waals surface area contributed by atoms with Gasteiger partial charge in [-0.15, -0.1) is 0 Å². The van der Waals surface area contributed by atoms with E-state index >= 15 is 0 Å². The van der Waals surface area contributed by atoms with Crippen LogP contribution in [0.5, 0.6) is 0 Å². The molecule has 28 heavy (non-hydrogen) atoms. The van der Waals surface area contributed by atoms with Crippen LogP contribution in [0.25, 0.3) is 5.82 Å². The minimum Gasteiger partial charge on any atom is -0.465 e. The lowest BCUT2D eigenvalue weighted by atomic mass is 10.1. The first-order chi connectivity index (χ1) is 13.5. The van der Waals surface area contributed by atoms with Gasteiger partial charge in [0.2, 0.25) is 0 Å². The van der Waals surface area contributed by atoms with E-state index in [1.807, 2.05) is 32.0 Å². The number of hydrogen-bond donors (Lipinski definition) is 2. The Labute approximate surface area is 162 Å². The predicted octanol–water partition coefficient (Wildman–Crippen LogP) is 3.25. The number of pyridine rings is 1. The third kappa shape index (κ3) is 4.01. The maximum atomic E-state index is 12.4. The number of aromatic nitrogens is 3. The molecule has 2 aromatic heterocycles. The summed E-state index contributed by atoms with van der Waals surface area (Å²) in [6, 6.07) is 11.5. The lowest BCUT2D eigenvalue weighted by molar-refractivity contribution is 0.0602. The van der Waals surface area contributed by atoms with Crippen LogP contribution >= 0.6 is 0 Å². The van der Waals surface area contributed by atoms with Crippen LogP contribution in [0.15, 0.2) is 54.9 Å². The highest BCUT2D eigenvalue weighted by Crippen LogP contribution is 2.20. The molecule has 1 atom stereocenters. The molecular formula is C20H21N5O3. The predicted molar refractivity (Wildman–Crippen MR) is 104 cm³/mol. The molecule has 0 aliphatic rings. The quantitative estimate of drug-likeness (QED) is 0.663. The summed E-state index contributed by atoms with van der Waals surface area (Å²) in [6.07, 6.45) is 3.40. The molecule has 1 unspecified atom stereocenters. The zero-order chi connectivity index (χ0) is 20.1. The summed E-state index contributed by atoms with van der Waals surface area (Å²) in [7, 11) is 1.29. The van der Waals surface area contributed by atoms with Gasteiger partial charge >= 0.3 is 12.0 Å². The zero-order valence-electron chi connectivity index (χ0n) is 15.8. The van der Waals surface area contributed by atoms with Crippen molar-refractivity contribution in [2.75, 3.05) is 12.4 Å². The first-order valence-corrected chi connectivity index (χ1v) is 8.72. The number of carbonyl (C=O) groups is 2. The Kier molecular flexibility index (Phi) is 5.69. The summed E-state index contributed by atoms with van der Waals surface area (Å²) in [5.41, 5.74) is 2.40. The number of carbonyl (C=O) groups excluding carboxylic acids is 2. The molecule has 0 aliphatic carbocycles. The molecule has 1 aromatic carbocycles. The molecule has 0 aliphatic heterocycles. The third-order valence-electron chi connectivity index (χ3n) is 4.31.